The molecule has 3 rings (SSSR count). The summed E-state index contributed by atoms with van der Waals surface area (Å²) < 4.78 is 12.1. The van der Waals surface area contributed by atoms with E-state index < -0.39 is 0 Å². The first-order valence-corrected chi connectivity index (χ1v) is 10.7. The van der Waals surface area contributed by atoms with Crippen molar-refractivity contribution in [1.29, 1.82) is 5.26 Å². The lowest BCUT2D eigenvalue weighted by molar-refractivity contribution is 0.282. The summed E-state index contributed by atoms with van der Waals surface area (Å²) in [6.07, 6.45) is 1.75. The van der Waals surface area contributed by atoms with Gasteiger partial charge < -0.3 is 9.47 Å². The summed E-state index contributed by atoms with van der Waals surface area (Å²) in [5.74, 6) is 1.06. The highest BCUT2D eigenvalue weighted by Crippen LogP contribution is 2.38. The Morgan fingerprint density at radius 1 is 1.03 bits per heavy atom. The van der Waals surface area contributed by atoms with Gasteiger partial charge in [0, 0.05) is 10.6 Å². The molecular formula is C23H15BrCl3NO2. The van der Waals surface area contributed by atoms with Gasteiger partial charge in [0.2, 0.25) is 0 Å². The number of hydrogen-bond acceptors (Lipinski definition) is 3. The molecule has 0 fully saturated rings. The number of halogens is 4. The van der Waals surface area contributed by atoms with Crippen molar-refractivity contribution in [3.8, 4) is 17.6 Å². The largest absolute Gasteiger partial charge is 0.493 e. The number of nitriles is 1. The van der Waals surface area contributed by atoms with Gasteiger partial charge in [0.05, 0.1) is 33.3 Å². The zero-order valence-corrected chi connectivity index (χ0v) is 19.6. The summed E-state index contributed by atoms with van der Waals surface area (Å²) in [4.78, 5) is 0. The maximum atomic E-state index is 9.60. The van der Waals surface area contributed by atoms with Gasteiger partial charge in [-0.1, -0.05) is 59.1 Å². The Morgan fingerprint density at radius 2 is 1.80 bits per heavy atom. The van der Waals surface area contributed by atoms with Crippen LogP contribution in [-0.4, -0.2) is 7.11 Å². The van der Waals surface area contributed by atoms with E-state index in [0.717, 1.165) is 11.1 Å². The Kier molecular flexibility index (Phi) is 7.69. The van der Waals surface area contributed by atoms with Gasteiger partial charge in [0.15, 0.2) is 11.5 Å². The highest BCUT2D eigenvalue weighted by molar-refractivity contribution is 9.10. The molecule has 0 unspecified atom stereocenters. The summed E-state index contributed by atoms with van der Waals surface area (Å²) in [5, 5.41) is 11.1. The average Bonchev–Trinajstić information content (AvgIpc) is 2.74. The predicted octanol–water partition coefficient (Wildman–Crippen LogP) is 8.06. The third kappa shape index (κ3) is 5.30. The third-order valence-electron chi connectivity index (χ3n) is 4.21. The SMILES string of the molecule is COc1cc(C=C(C#N)c2ccccc2Cl)cc(Br)c1OCc1ccc(Cl)c(Cl)c1. The number of hydrogen-bond donors (Lipinski definition) is 0. The molecule has 7 heteroatoms. The molecule has 3 nitrogen and oxygen atoms in total. The van der Waals surface area contributed by atoms with Gasteiger partial charge in [-0.05, 0) is 63.5 Å². The van der Waals surface area contributed by atoms with Crippen LogP contribution in [0.4, 0.5) is 0 Å². The monoisotopic (exact) mass is 521 g/mol. The van der Waals surface area contributed by atoms with Gasteiger partial charge in [-0.25, -0.2) is 0 Å². The molecule has 3 aromatic carbocycles. The Hall–Kier alpha value is -2.16. The van der Waals surface area contributed by atoms with Crippen LogP contribution in [0.5, 0.6) is 11.5 Å². The molecule has 0 aliphatic carbocycles. The van der Waals surface area contributed by atoms with Crippen molar-refractivity contribution in [3.05, 3.63) is 90.8 Å². The molecule has 0 saturated heterocycles. The van der Waals surface area contributed by atoms with Crippen LogP contribution in [0.25, 0.3) is 11.6 Å². The van der Waals surface area contributed by atoms with Crippen LogP contribution < -0.4 is 9.47 Å². The molecule has 0 radical (unpaired) electrons. The molecule has 0 saturated carbocycles. The number of rotatable bonds is 6. The molecule has 0 aliphatic rings. The molecule has 0 N–H and O–H groups in total. The number of allylic oxidation sites excluding steroid dienone is 1. The second-order valence-electron chi connectivity index (χ2n) is 6.22. The molecule has 0 aromatic heterocycles. The summed E-state index contributed by atoms with van der Waals surface area (Å²) in [6, 6.07) is 18.4. The quantitative estimate of drug-likeness (QED) is 0.242. The van der Waals surface area contributed by atoms with Crippen molar-refractivity contribution in [1.82, 2.24) is 0 Å². The minimum Gasteiger partial charge on any atom is -0.493 e. The smallest absolute Gasteiger partial charge is 0.175 e. The Bertz CT molecular complexity index is 1160. The fourth-order valence-electron chi connectivity index (χ4n) is 2.76. The van der Waals surface area contributed by atoms with Crippen LogP contribution in [-0.2, 0) is 6.61 Å². The van der Waals surface area contributed by atoms with E-state index in [0.29, 0.717) is 42.2 Å². The minimum absolute atomic E-state index is 0.282. The molecule has 0 spiro atoms. The van der Waals surface area contributed by atoms with Gasteiger partial charge in [-0.15, -0.1) is 0 Å². The first-order chi connectivity index (χ1) is 14.4. The van der Waals surface area contributed by atoms with Crippen molar-refractivity contribution >= 4 is 62.4 Å². The molecule has 152 valence electrons. The molecule has 0 heterocycles. The lowest BCUT2D eigenvalue weighted by Gasteiger charge is -2.14. The second-order valence-corrected chi connectivity index (χ2v) is 8.30. The summed E-state index contributed by atoms with van der Waals surface area (Å²) in [5.41, 5.74) is 2.74. The first-order valence-electron chi connectivity index (χ1n) is 8.74. The van der Waals surface area contributed by atoms with Crippen LogP contribution in [0, 0.1) is 11.3 Å². The summed E-state index contributed by atoms with van der Waals surface area (Å²) in [7, 11) is 1.56. The van der Waals surface area contributed by atoms with E-state index in [1.54, 1.807) is 43.5 Å². The van der Waals surface area contributed by atoms with Gasteiger partial charge >= 0.3 is 0 Å². The van der Waals surface area contributed by atoms with E-state index in [4.69, 9.17) is 44.3 Å². The number of methoxy groups -OCH3 is 1. The van der Waals surface area contributed by atoms with Gasteiger partial charge in [0.1, 0.15) is 6.61 Å². The second kappa shape index (κ2) is 10.2. The Balaban J connectivity index is 1.91. The number of ether oxygens (including phenoxy) is 2. The summed E-state index contributed by atoms with van der Waals surface area (Å²) >= 11 is 21.8. The highest BCUT2D eigenvalue weighted by Gasteiger charge is 2.13. The number of benzene rings is 3. The molecule has 0 aliphatic heterocycles. The molecule has 0 atom stereocenters. The maximum absolute atomic E-state index is 9.60. The third-order valence-corrected chi connectivity index (χ3v) is 5.87. The minimum atomic E-state index is 0.282. The van der Waals surface area contributed by atoms with E-state index in [2.05, 4.69) is 22.0 Å². The van der Waals surface area contributed by atoms with E-state index in [9.17, 15) is 5.26 Å². The van der Waals surface area contributed by atoms with E-state index in [1.807, 2.05) is 24.3 Å². The summed E-state index contributed by atoms with van der Waals surface area (Å²) in [6.45, 7) is 0.282. The topological polar surface area (TPSA) is 42.2 Å². The van der Waals surface area contributed by atoms with Crippen molar-refractivity contribution in [2.45, 2.75) is 6.61 Å². The molecule has 30 heavy (non-hydrogen) atoms. The Morgan fingerprint density at radius 3 is 2.47 bits per heavy atom. The van der Waals surface area contributed by atoms with Crippen molar-refractivity contribution in [2.24, 2.45) is 0 Å². The van der Waals surface area contributed by atoms with Crippen molar-refractivity contribution in [3.63, 3.8) is 0 Å². The normalized spacial score (nSPS) is 11.1. The highest BCUT2D eigenvalue weighted by atomic mass is 79.9. The van der Waals surface area contributed by atoms with E-state index in [1.165, 1.54) is 0 Å². The standard InChI is InChI=1S/C23H15BrCl3NO2/c1-29-22-11-15(8-16(12-28)17-4-2-3-5-19(17)25)9-18(24)23(22)30-13-14-6-7-20(26)21(27)10-14/h2-11H,13H2,1H3. The van der Waals surface area contributed by atoms with Crippen LogP contribution in [0.3, 0.4) is 0 Å². The first kappa shape index (κ1) is 22.5. The number of nitrogens with zero attached hydrogens (tertiary/aromatic N) is 1. The van der Waals surface area contributed by atoms with Crippen molar-refractivity contribution < 1.29 is 9.47 Å². The molecule has 3 aromatic rings. The Labute approximate surface area is 198 Å². The van der Waals surface area contributed by atoms with Crippen LogP contribution >= 0.6 is 50.7 Å². The van der Waals surface area contributed by atoms with Crippen LogP contribution in [0.1, 0.15) is 16.7 Å². The van der Waals surface area contributed by atoms with Crippen LogP contribution in [0.2, 0.25) is 15.1 Å². The lowest BCUT2D eigenvalue weighted by Crippen LogP contribution is -1.99. The zero-order chi connectivity index (χ0) is 21.7. The molecular weight excluding hydrogens is 509 g/mol. The van der Waals surface area contributed by atoms with E-state index in [-0.39, 0.29) is 6.61 Å². The zero-order valence-electron chi connectivity index (χ0n) is 15.8. The molecule has 0 amide bonds. The van der Waals surface area contributed by atoms with Gasteiger partial charge in [-0.3, -0.25) is 0 Å². The fourth-order valence-corrected chi connectivity index (χ4v) is 3.90. The van der Waals surface area contributed by atoms with Crippen LogP contribution in [0.15, 0.2) is 59.1 Å². The van der Waals surface area contributed by atoms with Crippen molar-refractivity contribution in [2.75, 3.05) is 7.11 Å². The van der Waals surface area contributed by atoms with E-state index >= 15 is 0 Å². The lowest BCUT2D eigenvalue weighted by atomic mass is 10.0. The maximum Gasteiger partial charge on any atom is 0.175 e. The molecule has 0 bridgehead atoms. The predicted molar refractivity (Wildman–Crippen MR) is 126 cm³/mol. The van der Waals surface area contributed by atoms with Gasteiger partial charge in [0.25, 0.3) is 0 Å². The fraction of sp³-hybridized carbons (Fsp3) is 0.0870. The van der Waals surface area contributed by atoms with Gasteiger partial charge in [-0.2, -0.15) is 5.26 Å². The average molecular weight is 524 g/mol.